The maximum atomic E-state index is 4.16. The van der Waals surface area contributed by atoms with Gasteiger partial charge in [0.05, 0.1) is 5.71 Å². The van der Waals surface area contributed by atoms with Crippen molar-refractivity contribution in [3.63, 3.8) is 0 Å². The van der Waals surface area contributed by atoms with E-state index in [0.717, 1.165) is 11.3 Å². The zero-order valence-corrected chi connectivity index (χ0v) is 5.94. The molecule has 0 saturated carbocycles. The SMILES string of the molecule is C1=NCN=C1c1cccnc1. The molecule has 1 aromatic rings. The van der Waals surface area contributed by atoms with E-state index in [1.807, 2.05) is 12.1 Å². The van der Waals surface area contributed by atoms with E-state index in [4.69, 9.17) is 0 Å². The smallest absolute Gasteiger partial charge is 0.130 e. The molecule has 2 rings (SSSR count). The Kier molecular flexibility index (Phi) is 1.48. The molecule has 0 aliphatic carbocycles. The fourth-order valence-electron chi connectivity index (χ4n) is 0.965. The van der Waals surface area contributed by atoms with Gasteiger partial charge in [-0.25, -0.2) is 0 Å². The van der Waals surface area contributed by atoms with Crippen LogP contribution in [0.1, 0.15) is 5.56 Å². The zero-order valence-electron chi connectivity index (χ0n) is 5.94. The van der Waals surface area contributed by atoms with Crippen LogP contribution in [0.5, 0.6) is 0 Å². The average Bonchev–Trinajstić information content (AvgIpc) is 2.58. The maximum absolute atomic E-state index is 4.16. The Balaban J connectivity index is 2.37. The van der Waals surface area contributed by atoms with Crippen LogP contribution in [-0.2, 0) is 0 Å². The van der Waals surface area contributed by atoms with E-state index in [-0.39, 0.29) is 0 Å². The Morgan fingerprint density at radius 3 is 3.00 bits per heavy atom. The van der Waals surface area contributed by atoms with Crippen LogP contribution in [0, 0.1) is 0 Å². The van der Waals surface area contributed by atoms with Crippen molar-refractivity contribution in [2.75, 3.05) is 6.67 Å². The van der Waals surface area contributed by atoms with Gasteiger partial charge in [0.15, 0.2) is 0 Å². The largest absolute Gasteiger partial charge is 0.268 e. The summed E-state index contributed by atoms with van der Waals surface area (Å²) < 4.78 is 0. The number of hydrogen-bond acceptors (Lipinski definition) is 3. The minimum atomic E-state index is 0.560. The minimum Gasteiger partial charge on any atom is -0.268 e. The molecule has 0 atom stereocenters. The molecular formula is C8H7N3. The molecule has 0 unspecified atom stereocenters. The second-order valence-corrected chi connectivity index (χ2v) is 2.24. The van der Waals surface area contributed by atoms with E-state index in [2.05, 4.69) is 15.0 Å². The topological polar surface area (TPSA) is 37.6 Å². The summed E-state index contributed by atoms with van der Waals surface area (Å²) in [7, 11) is 0. The predicted octanol–water partition coefficient (Wildman–Crippen LogP) is 0.913. The van der Waals surface area contributed by atoms with Crippen LogP contribution in [-0.4, -0.2) is 23.6 Å². The number of hydrogen-bond donors (Lipinski definition) is 0. The van der Waals surface area contributed by atoms with Crippen LogP contribution in [0.15, 0.2) is 34.5 Å². The quantitative estimate of drug-likeness (QED) is 0.578. The third kappa shape index (κ3) is 1.17. The Labute approximate surface area is 64.5 Å². The highest BCUT2D eigenvalue weighted by molar-refractivity contribution is 6.39. The number of aliphatic imine (C=N–C) groups is 2. The highest BCUT2D eigenvalue weighted by atomic mass is 15.0. The monoisotopic (exact) mass is 145 g/mol. The van der Waals surface area contributed by atoms with E-state index in [1.165, 1.54) is 0 Å². The highest BCUT2D eigenvalue weighted by Crippen LogP contribution is 2.00. The number of nitrogens with zero attached hydrogens (tertiary/aromatic N) is 3. The van der Waals surface area contributed by atoms with Crippen molar-refractivity contribution in [2.24, 2.45) is 9.98 Å². The van der Waals surface area contributed by atoms with E-state index < -0.39 is 0 Å². The molecule has 0 spiro atoms. The first kappa shape index (κ1) is 6.22. The van der Waals surface area contributed by atoms with Crippen molar-refractivity contribution in [2.45, 2.75) is 0 Å². The summed E-state index contributed by atoms with van der Waals surface area (Å²) in [6.07, 6.45) is 5.31. The van der Waals surface area contributed by atoms with Gasteiger partial charge in [0, 0.05) is 24.2 Å². The first-order chi connectivity index (χ1) is 5.47. The summed E-state index contributed by atoms with van der Waals surface area (Å²) >= 11 is 0. The summed E-state index contributed by atoms with van der Waals surface area (Å²) in [4.78, 5) is 12.1. The van der Waals surface area contributed by atoms with Crippen molar-refractivity contribution in [3.8, 4) is 0 Å². The van der Waals surface area contributed by atoms with Gasteiger partial charge in [0.1, 0.15) is 6.67 Å². The minimum absolute atomic E-state index is 0.560. The van der Waals surface area contributed by atoms with Crippen LogP contribution in [0.2, 0.25) is 0 Å². The molecule has 1 aliphatic heterocycles. The van der Waals surface area contributed by atoms with E-state index in [9.17, 15) is 0 Å². The molecule has 54 valence electrons. The van der Waals surface area contributed by atoms with Gasteiger partial charge in [0.2, 0.25) is 0 Å². The second-order valence-electron chi connectivity index (χ2n) is 2.24. The van der Waals surface area contributed by atoms with Gasteiger partial charge in [0.25, 0.3) is 0 Å². The van der Waals surface area contributed by atoms with Crippen molar-refractivity contribution in [1.29, 1.82) is 0 Å². The lowest BCUT2D eigenvalue weighted by Crippen LogP contribution is -1.98. The summed E-state index contributed by atoms with van der Waals surface area (Å²) in [5.74, 6) is 0. The molecule has 11 heavy (non-hydrogen) atoms. The van der Waals surface area contributed by atoms with Gasteiger partial charge in [-0.1, -0.05) is 0 Å². The lowest BCUT2D eigenvalue weighted by atomic mass is 10.2. The Morgan fingerprint density at radius 2 is 2.36 bits per heavy atom. The molecule has 1 aliphatic rings. The molecular weight excluding hydrogens is 138 g/mol. The molecule has 0 N–H and O–H groups in total. The number of rotatable bonds is 1. The Bertz CT molecular complexity index is 300. The molecule has 0 fully saturated rings. The normalized spacial score (nSPS) is 15.1. The van der Waals surface area contributed by atoms with Crippen molar-refractivity contribution >= 4 is 11.9 Å². The van der Waals surface area contributed by atoms with Gasteiger partial charge in [-0.2, -0.15) is 0 Å². The third-order valence-electron chi connectivity index (χ3n) is 1.49. The molecule has 3 heteroatoms. The summed E-state index contributed by atoms with van der Waals surface area (Å²) in [5.41, 5.74) is 1.96. The first-order valence-corrected chi connectivity index (χ1v) is 3.41. The fraction of sp³-hybridized carbons (Fsp3) is 0.125. The molecule has 3 nitrogen and oxygen atoms in total. The molecule has 1 aromatic heterocycles. The first-order valence-electron chi connectivity index (χ1n) is 3.41. The molecule has 2 heterocycles. The van der Waals surface area contributed by atoms with E-state index in [1.54, 1.807) is 18.6 Å². The zero-order chi connectivity index (χ0) is 7.52. The summed E-state index contributed by atoms with van der Waals surface area (Å²) in [6, 6.07) is 3.87. The van der Waals surface area contributed by atoms with Crippen molar-refractivity contribution in [1.82, 2.24) is 4.98 Å². The molecule has 0 radical (unpaired) electrons. The van der Waals surface area contributed by atoms with Crippen molar-refractivity contribution in [3.05, 3.63) is 30.1 Å². The molecule has 0 bridgehead atoms. The van der Waals surface area contributed by atoms with Gasteiger partial charge in [-0.05, 0) is 12.1 Å². The number of aromatic nitrogens is 1. The fourth-order valence-corrected chi connectivity index (χ4v) is 0.965. The molecule has 0 amide bonds. The lowest BCUT2D eigenvalue weighted by molar-refractivity contribution is 1.10. The number of pyridine rings is 1. The third-order valence-corrected chi connectivity index (χ3v) is 1.49. The van der Waals surface area contributed by atoms with Crippen LogP contribution in [0.3, 0.4) is 0 Å². The lowest BCUT2D eigenvalue weighted by Gasteiger charge is -1.93. The second kappa shape index (κ2) is 2.62. The van der Waals surface area contributed by atoms with E-state index in [0.29, 0.717) is 6.67 Å². The van der Waals surface area contributed by atoms with Crippen molar-refractivity contribution < 1.29 is 0 Å². The maximum Gasteiger partial charge on any atom is 0.130 e. The van der Waals surface area contributed by atoms with Crippen LogP contribution >= 0.6 is 0 Å². The van der Waals surface area contributed by atoms with Gasteiger partial charge in [-0.3, -0.25) is 15.0 Å². The van der Waals surface area contributed by atoms with Gasteiger partial charge < -0.3 is 0 Å². The average molecular weight is 145 g/mol. The molecule has 0 saturated heterocycles. The Morgan fingerprint density at radius 1 is 1.36 bits per heavy atom. The summed E-state index contributed by atoms with van der Waals surface area (Å²) in [5, 5.41) is 0. The molecule has 0 aromatic carbocycles. The van der Waals surface area contributed by atoms with Crippen LogP contribution in [0.25, 0.3) is 0 Å². The van der Waals surface area contributed by atoms with E-state index >= 15 is 0 Å². The summed E-state index contributed by atoms with van der Waals surface area (Å²) in [6.45, 7) is 0.560. The Hall–Kier alpha value is -1.51. The highest BCUT2D eigenvalue weighted by Gasteiger charge is 2.02. The van der Waals surface area contributed by atoms with Gasteiger partial charge in [-0.15, -0.1) is 0 Å². The van der Waals surface area contributed by atoms with Crippen LogP contribution < -0.4 is 0 Å². The van der Waals surface area contributed by atoms with Crippen LogP contribution in [0.4, 0.5) is 0 Å². The van der Waals surface area contributed by atoms with Gasteiger partial charge >= 0.3 is 0 Å². The standard InChI is InChI=1S/C8H7N3/c1-2-7(4-9-3-1)8-5-10-6-11-8/h1-5H,6H2. The predicted molar refractivity (Wildman–Crippen MR) is 44.1 cm³/mol.